The molecule has 1 aromatic carbocycles. The summed E-state index contributed by atoms with van der Waals surface area (Å²) in [6.07, 6.45) is 0.958. The molecule has 1 N–H and O–H groups in total. The molecule has 0 aliphatic carbocycles. The molecule has 0 radical (unpaired) electrons. The molecule has 0 fully saturated rings. The summed E-state index contributed by atoms with van der Waals surface area (Å²) in [6.45, 7) is 6.36. The van der Waals surface area contributed by atoms with Gasteiger partial charge in [-0.2, -0.15) is 0 Å². The molecule has 96 valence electrons. The molecule has 2 aromatic rings. The van der Waals surface area contributed by atoms with E-state index in [0.29, 0.717) is 6.04 Å². The molecule has 0 saturated carbocycles. The Labute approximate surface area is 113 Å². The average molecular weight is 260 g/mol. The van der Waals surface area contributed by atoms with Crippen LogP contribution in [-0.4, -0.2) is 12.0 Å². The highest BCUT2D eigenvalue weighted by Crippen LogP contribution is 2.24. The standard InChI is InChI=1S/C15H20N2S/c1-10-5-6-11(2)13(7-10)14(16-4)8-15-17-12(3)9-18-15/h5-7,9,14,16H,8H2,1-4H3. The van der Waals surface area contributed by atoms with E-state index in [9.17, 15) is 0 Å². The largest absolute Gasteiger partial charge is 0.313 e. The molecule has 1 atom stereocenters. The van der Waals surface area contributed by atoms with Gasteiger partial charge in [0.25, 0.3) is 0 Å². The minimum Gasteiger partial charge on any atom is -0.313 e. The van der Waals surface area contributed by atoms with Crippen molar-refractivity contribution in [1.82, 2.24) is 10.3 Å². The Bertz CT molecular complexity index is 531. The van der Waals surface area contributed by atoms with Crippen LogP contribution < -0.4 is 5.32 Å². The van der Waals surface area contributed by atoms with Gasteiger partial charge >= 0.3 is 0 Å². The van der Waals surface area contributed by atoms with E-state index in [2.05, 4.69) is 47.7 Å². The molecule has 1 heterocycles. The number of hydrogen-bond donors (Lipinski definition) is 1. The lowest BCUT2D eigenvalue weighted by Gasteiger charge is -2.18. The summed E-state index contributed by atoms with van der Waals surface area (Å²) in [5.41, 5.74) is 5.15. The summed E-state index contributed by atoms with van der Waals surface area (Å²) < 4.78 is 0. The molecule has 1 unspecified atom stereocenters. The molecule has 18 heavy (non-hydrogen) atoms. The Hall–Kier alpha value is -1.19. The number of aromatic nitrogens is 1. The molecule has 0 amide bonds. The summed E-state index contributed by atoms with van der Waals surface area (Å²) in [5.74, 6) is 0. The first kappa shape index (κ1) is 13.2. The van der Waals surface area contributed by atoms with E-state index in [1.54, 1.807) is 11.3 Å². The lowest BCUT2D eigenvalue weighted by atomic mass is 9.97. The highest BCUT2D eigenvalue weighted by atomic mass is 32.1. The SMILES string of the molecule is CNC(Cc1nc(C)cs1)c1cc(C)ccc1C. The first-order valence-electron chi connectivity index (χ1n) is 6.25. The minimum atomic E-state index is 0.343. The first-order chi connectivity index (χ1) is 8.60. The summed E-state index contributed by atoms with van der Waals surface area (Å²) in [5, 5.41) is 6.73. The maximum atomic E-state index is 4.55. The molecule has 0 bridgehead atoms. The molecule has 0 saturated heterocycles. The van der Waals surface area contributed by atoms with Crippen molar-refractivity contribution < 1.29 is 0 Å². The second kappa shape index (κ2) is 5.63. The lowest BCUT2D eigenvalue weighted by molar-refractivity contribution is 0.586. The highest BCUT2D eigenvalue weighted by Gasteiger charge is 2.14. The number of nitrogens with zero attached hydrogens (tertiary/aromatic N) is 1. The van der Waals surface area contributed by atoms with Crippen molar-refractivity contribution in [1.29, 1.82) is 0 Å². The van der Waals surface area contributed by atoms with Crippen molar-refractivity contribution in [2.24, 2.45) is 0 Å². The van der Waals surface area contributed by atoms with Crippen LogP contribution in [0, 0.1) is 20.8 Å². The van der Waals surface area contributed by atoms with Crippen LogP contribution in [0.15, 0.2) is 23.6 Å². The number of likely N-dealkylation sites (N-methyl/N-ethyl adjacent to an activating group) is 1. The Kier molecular flexibility index (Phi) is 4.15. The lowest BCUT2D eigenvalue weighted by Crippen LogP contribution is -2.20. The monoisotopic (exact) mass is 260 g/mol. The van der Waals surface area contributed by atoms with Gasteiger partial charge in [-0.3, -0.25) is 0 Å². The molecule has 2 rings (SSSR count). The van der Waals surface area contributed by atoms with Gasteiger partial charge in [-0.15, -0.1) is 11.3 Å². The van der Waals surface area contributed by atoms with Gasteiger partial charge in [0.15, 0.2) is 0 Å². The maximum Gasteiger partial charge on any atom is 0.0947 e. The van der Waals surface area contributed by atoms with Crippen molar-refractivity contribution in [2.75, 3.05) is 7.05 Å². The first-order valence-corrected chi connectivity index (χ1v) is 7.13. The van der Waals surface area contributed by atoms with Crippen molar-refractivity contribution in [3.8, 4) is 0 Å². The number of aryl methyl sites for hydroxylation is 3. The molecular weight excluding hydrogens is 240 g/mol. The van der Waals surface area contributed by atoms with Gasteiger partial charge in [0.1, 0.15) is 0 Å². The number of benzene rings is 1. The third-order valence-corrected chi connectivity index (χ3v) is 4.19. The third kappa shape index (κ3) is 2.98. The number of nitrogens with one attached hydrogen (secondary N) is 1. The van der Waals surface area contributed by atoms with E-state index in [-0.39, 0.29) is 0 Å². The molecule has 0 aliphatic heterocycles. The van der Waals surface area contributed by atoms with Crippen molar-refractivity contribution >= 4 is 11.3 Å². The normalized spacial score (nSPS) is 12.7. The Morgan fingerprint density at radius 2 is 2.06 bits per heavy atom. The fourth-order valence-corrected chi connectivity index (χ4v) is 2.99. The van der Waals surface area contributed by atoms with E-state index in [1.165, 1.54) is 21.7 Å². The van der Waals surface area contributed by atoms with Crippen LogP contribution in [0.2, 0.25) is 0 Å². The predicted molar refractivity (Wildman–Crippen MR) is 78.3 cm³/mol. The summed E-state index contributed by atoms with van der Waals surface area (Å²) in [6, 6.07) is 6.98. The molecule has 3 heteroatoms. The molecule has 2 nitrogen and oxygen atoms in total. The fourth-order valence-electron chi connectivity index (χ4n) is 2.17. The second-order valence-electron chi connectivity index (χ2n) is 4.79. The van der Waals surface area contributed by atoms with Gasteiger partial charge in [0, 0.05) is 23.5 Å². The van der Waals surface area contributed by atoms with Crippen LogP contribution in [0.25, 0.3) is 0 Å². The summed E-state index contributed by atoms with van der Waals surface area (Å²) in [7, 11) is 2.02. The second-order valence-corrected chi connectivity index (χ2v) is 5.73. The van der Waals surface area contributed by atoms with Gasteiger partial charge in [-0.05, 0) is 38.9 Å². The van der Waals surface area contributed by atoms with Crippen molar-refractivity contribution in [3.05, 3.63) is 51.0 Å². The van der Waals surface area contributed by atoms with Gasteiger partial charge in [-0.1, -0.05) is 23.8 Å². The van der Waals surface area contributed by atoms with Crippen molar-refractivity contribution in [2.45, 2.75) is 33.2 Å². The number of thiazole rings is 1. The van der Waals surface area contributed by atoms with Crippen LogP contribution in [0.4, 0.5) is 0 Å². The third-order valence-electron chi connectivity index (χ3n) is 3.20. The van der Waals surface area contributed by atoms with Crippen LogP contribution in [0.1, 0.15) is 33.4 Å². The zero-order valence-electron chi connectivity index (χ0n) is 11.4. The molecule has 1 aromatic heterocycles. The molecular formula is C15H20N2S. The number of rotatable bonds is 4. The molecule has 0 aliphatic rings. The van der Waals surface area contributed by atoms with Crippen LogP contribution in [0.5, 0.6) is 0 Å². The van der Waals surface area contributed by atoms with Gasteiger partial charge in [-0.25, -0.2) is 4.98 Å². The van der Waals surface area contributed by atoms with Gasteiger partial charge in [0.2, 0.25) is 0 Å². The quantitative estimate of drug-likeness (QED) is 0.909. The topological polar surface area (TPSA) is 24.9 Å². The van der Waals surface area contributed by atoms with E-state index < -0.39 is 0 Å². The predicted octanol–water partition coefficient (Wildman–Crippen LogP) is 3.57. The Balaban J connectivity index is 2.25. The van der Waals surface area contributed by atoms with E-state index in [0.717, 1.165) is 12.1 Å². The summed E-state index contributed by atoms with van der Waals surface area (Å²) >= 11 is 1.75. The Morgan fingerprint density at radius 1 is 1.28 bits per heavy atom. The van der Waals surface area contributed by atoms with E-state index in [1.807, 2.05) is 14.0 Å². The average Bonchev–Trinajstić information content (AvgIpc) is 2.75. The highest BCUT2D eigenvalue weighted by molar-refractivity contribution is 7.09. The Morgan fingerprint density at radius 3 is 2.67 bits per heavy atom. The molecule has 0 spiro atoms. The van der Waals surface area contributed by atoms with E-state index >= 15 is 0 Å². The van der Waals surface area contributed by atoms with Gasteiger partial charge < -0.3 is 5.32 Å². The van der Waals surface area contributed by atoms with Crippen molar-refractivity contribution in [3.63, 3.8) is 0 Å². The van der Waals surface area contributed by atoms with Crippen LogP contribution in [0.3, 0.4) is 0 Å². The zero-order chi connectivity index (χ0) is 13.1. The fraction of sp³-hybridized carbons (Fsp3) is 0.400. The number of hydrogen-bond acceptors (Lipinski definition) is 3. The zero-order valence-corrected chi connectivity index (χ0v) is 12.3. The minimum absolute atomic E-state index is 0.343. The maximum absolute atomic E-state index is 4.55. The van der Waals surface area contributed by atoms with Crippen LogP contribution >= 0.6 is 11.3 Å². The van der Waals surface area contributed by atoms with Gasteiger partial charge in [0.05, 0.1) is 5.01 Å². The summed E-state index contributed by atoms with van der Waals surface area (Å²) in [4.78, 5) is 4.55. The van der Waals surface area contributed by atoms with E-state index in [4.69, 9.17) is 0 Å². The van der Waals surface area contributed by atoms with Crippen LogP contribution in [-0.2, 0) is 6.42 Å². The smallest absolute Gasteiger partial charge is 0.0947 e.